The number of phenolic OH excluding ortho intramolecular Hbond substituents is 2. The van der Waals surface area contributed by atoms with Gasteiger partial charge in [0, 0.05) is 16.8 Å². The number of aromatic hydroxyl groups is 2. The number of benzene rings is 5. The highest BCUT2D eigenvalue weighted by molar-refractivity contribution is 7.89. The van der Waals surface area contributed by atoms with Gasteiger partial charge in [0.1, 0.15) is 36.6 Å². The molecule has 15 heteroatoms. The number of carbonyl (C=O) groups is 3. The van der Waals surface area contributed by atoms with E-state index in [-0.39, 0.29) is 46.2 Å². The molecule has 1 heterocycles. The number of nitrogens with zero attached hydrogens (tertiary/aromatic N) is 1. The molecule has 1 amide bonds. The van der Waals surface area contributed by atoms with Crippen LogP contribution in [0, 0.1) is 5.41 Å². The maximum Gasteiger partial charge on any atom is 0.329 e. The van der Waals surface area contributed by atoms with Crippen LogP contribution in [-0.2, 0) is 53.5 Å². The lowest BCUT2D eigenvalue weighted by Gasteiger charge is -2.18. The number of hydrogen-bond donors (Lipinski definition) is 6. The van der Waals surface area contributed by atoms with Crippen LogP contribution in [-0.4, -0.2) is 58.2 Å². The molecule has 6 rings (SSSR count). The van der Waals surface area contributed by atoms with Gasteiger partial charge in [0.05, 0.1) is 34.3 Å². The zero-order valence-electron chi connectivity index (χ0n) is 30.0. The SMILES string of the molecule is CC(=N)c1ccc2[nH]c(-c3cc(CC(=O)N[C@H](CC(=O)OCc4ccccc4)C(=O)OCc4ccccc4)cc(-c4cc(S(N)(=O)=O)ccc4O)c3O)nc2c1. The molecule has 0 aliphatic rings. The Labute approximate surface area is 321 Å². The van der Waals surface area contributed by atoms with E-state index in [0.717, 1.165) is 23.8 Å². The topological polar surface area (TPSA) is 235 Å². The van der Waals surface area contributed by atoms with E-state index in [1.54, 1.807) is 79.7 Å². The Balaban J connectivity index is 1.33. The molecule has 1 atom stereocenters. The Kier molecular flexibility index (Phi) is 11.6. The molecule has 0 saturated heterocycles. The van der Waals surface area contributed by atoms with Gasteiger partial charge in [-0.05, 0) is 71.6 Å². The van der Waals surface area contributed by atoms with E-state index in [9.17, 15) is 33.0 Å². The van der Waals surface area contributed by atoms with Crippen LogP contribution in [0.15, 0.2) is 114 Å². The first-order valence-corrected chi connectivity index (χ1v) is 18.8. The lowest BCUT2D eigenvalue weighted by Crippen LogP contribution is -2.44. The lowest BCUT2D eigenvalue weighted by atomic mass is 9.95. The average Bonchev–Trinajstić information content (AvgIpc) is 3.60. The lowest BCUT2D eigenvalue weighted by molar-refractivity contribution is -0.155. The number of imidazole rings is 1. The predicted octanol–water partition coefficient (Wildman–Crippen LogP) is 5.25. The highest BCUT2D eigenvalue weighted by Gasteiger charge is 2.28. The molecule has 5 aromatic carbocycles. The second-order valence-electron chi connectivity index (χ2n) is 12.9. The fourth-order valence-electron chi connectivity index (χ4n) is 5.87. The Morgan fingerprint density at radius 1 is 0.821 bits per heavy atom. The molecular weight excluding hydrogens is 739 g/mol. The van der Waals surface area contributed by atoms with Crippen molar-refractivity contribution in [2.75, 3.05) is 0 Å². The van der Waals surface area contributed by atoms with Crippen molar-refractivity contribution < 1.29 is 42.5 Å². The number of aromatic nitrogens is 2. The zero-order chi connectivity index (χ0) is 40.0. The van der Waals surface area contributed by atoms with Crippen molar-refractivity contribution in [3.05, 3.63) is 131 Å². The standard InChI is InChI=1S/C41H37N5O9S/c1-24(42)28-12-14-33-34(19-28)46-40(45-33)32-17-27(16-31(39(32)50)30-20-29(56(43,52)53)13-15-36(30)47)18-37(48)44-35(41(51)55-23-26-10-6-3-7-11-26)21-38(49)54-22-25-8-4-2-5-9-25/h2-17,19-20,35,42,47,50H,18,21-23H2,1H3,(H,44,48)(H,45,46)(H2,43,52,53)/t35-/m1/s1. The monoisotopic (exact) mass is 775 g/mol. The van der Waals surface area contributed by atoms with Crippen molar-refractivity contribution in [3.8, 4) is 34.0 Å². The predicted molar refractivity (Wildman–Crippen MR) is 207 cm³/mol. The Morgan fingerprint density at radius 3 is 2.11 bits per heavy atom. The third-order valence-corrected chi connectivity index (χ3v) is 9.66. The van der Waals surface area contributed by atoms with Gasteiger partial charge in [-0.2, -0.15) is 0 Å². The highest BCUT2D eigenvalue weighted by atomic mass is 32.2. The summed E-state index contributed by atoms with van der Waals surface area (Å²) in [6.45, 7) is 1.46. The van der Waals surface area contributed by atoms with E-state index in [4.69, 9.17) is 20.0 Å². The molecule has 0 unspecified atom stereocenters. The molecule has 14 nitrogen and oxygen atoms in total. The molecule has 0 bridgehead atoms. The summed E-state index contributed by atoms with van der Waals surface area (Å²) in [4.78, 5) is 47.4. The van der Waals surface area contributed by atoms with Gasteiger partial charge in [0.2, 0.25) is 15.9 Å². The number of nitrogens with two attached hydrogens (primary N) is 1. The third-order valence-electron chi connectivity index (χ3n) is 8.75. The van der Waals surface area contributed by atoms with Gasteiger partial charge in [-0.1, -0.05) is 66.7 Å². The van der Waals surface area contributed by atoms with E-state index in [1.165, 1.54) is 12.1 Å². The first-order valence-electron chi connectivity index (χ1n) is 17.2. The van der Waals surface area contributed by atoms with Gasteiger partial charge in [-0.3, -0.25) is 9.59 Å². The summed E-state index contributed by atoms with van der Waals surface area (Å²) in [6, 6.07) is 27.6. The van der Waals surface area contributed by atoms with Crippen molar-refractivity contribution in [2.24, 2.45) is 5.14 Å². The number of fused-ring (bicyclic) bond motifs is 1. The average molecular weight is 776 g/mol. The number of esters is 2. The first-order chi connectivity index (χ1) is 26.7. The number of primary sulfonamides is 1. The molecule has 0 fully saturated rings. The molecule has 286 valence electrons. The normalized spacial score (nSPS) is 11.8. The summed E-state index contributed by atoms with van der Waals surface area (Å²) < 4.78 is 35.3. The number of amides is 1. The van der Waals surface area contributed by atoms with Crippen molar-refractivity contribution in [3.63, 3.8) is 0 Å². The highest BCUT2D eigenvalue weighted by Crippen LogP contribution is 2.43. The van der Waals surface area contributed by atoms with Gasteiger partial charge in [-0.25, -0.2) is 23.3 Å². The summed E-state index contributed by atoms with van der Waals surface area (Å²) in [7, 11) is -4.23. The van der Waals surface area contributed by atoms with E-state index >= 15 is 0 Å². The minimum absolute atomic E-state index is 0.0535. The second kappa shape index (κ2) is 16.7. The molecule has 1 aromatic heterocycles. The van der Waals surface area contributed by atoms with Crippen molar-refractivity contribution >= 4 is 44.6 Å². The van der Waals surface area contributed by atoms with Gasteiger partial charge in [0.15, 0.2) is 0 Å². The van der Waals surface area contributed by atoms with Crippen molar-refractivity contribution in [1.29, 1.82) is 5.41 Å². The molecule has 56 heavy (non-hydrogen) atoms. The molecule has 0 radical (unpaired) electrons. The largest absolute Gasteiger partial charge is 0.507 e. The first kappa shape index (κ1) is 38.9. The maximum atomic E-state index is 13.7. The number of sulfonamides is 1. The molecule has 6 aromatic rings. The second-order valence-corrected chi connectivity index (χ2v) is 14.5. The molecule has 0 spiro atoms. The Bertz CT molecular complexity index is 2560. The minimum atomic E-state index is -4.23. The number of aromatic amines is 1. The maximum absolute atomic E-state index is 13.7. The molecular formula is C41H37N5O9S. The summed E-state index contributed by atoms with van der Waals surface area (Å²) in [5.74, 6) is -3.01. The van der Waals surface area contributed by atoms with Gasteiger partial charge < -0.3 is 35.4 Å². The number of ether oxygens (including phenoxy) is 2. The van der Waals surface area contributed by atoms with Crippen LogP contribution in [0.3, 0.4) is 0 Å². The van der Waals surface area contributed by atoms with Crippen molar-refractivity contribution in [1.82, 2.24) is 15.3 Å². The van der Waals surface area contributed by atoms with Crippen LogP contribution in [0.2, 0.25) is 0 Å². The number of phenols is 2. The van der Waals surface area contributed by atoms with Crippen LogP contribution in [0.1, 0.15) is 35.6 Å². The molecule has 7 N–H and O–H groups in total. The Hall–Kier alpha value is -6.84. The number of rotatable bonds is 14. The minimum Gasteiger partial charge on any atom is -0.507 e. The summed E-state index contributed by atoms with van der Waals surface area (Å²) in [6.07, 6.45) is -0.961. The molecule has 0 saturated carbocycles. The van der Waals surface area contributed by atoms with E-state index in [1.807, 2.05) is 6.07 Å². The fraction of sp³-hybridized carbons (Fsp3) is 0.146. The summed E-state index contributed by atoms with van der Waals surface area (Å²) in [5.41, 5.74) is 3.54. The number of H-pyrrole nitrogens is 1. The summed E-state index contributed by atoms with van der Waals surface area (Å²) >= 11 is 0. The quantitative estimate of drug-likeness (QED) is 0.0621. The Morgan fingerprint density at radius 2 is 1.46 bits per heavy atom. The number of hydrogen-bond acceptors (Lipinski definition) is 11. The van der Waals surface area contributed by atoms with Gasteiger partial charge in [-0.15, -0.1) is 0 Å². The van der Waals surface area contributed by atoms with Gasteiger partial charge in [0.25, 0.3) is 0 Å². The van der Waals surface area contributed by atoms with Crippen LogP contribution in [0.5, 0.6) is 11.5 Å². The summed E-state index contributed by atoms with van der Waals surface area (Å²) in [5, 5.41) is 38.4. The zero-order valence-corrected chi connectivity index (χ0v) is 30.8. The van der Waals surface area contributed by atoms with E-state index in [0.29, 0.717) is 27.9 Å². The van der Waals surface area contributed by atoms with Crippen LogP contribution in [0.4, 0.5) is 0 Å². The van der Waals surface area contributed by atoms with Crippen LogP contribution >= 0.6 is 0 Å². The smallest absolute Gasteiger partial charge is 0.329 e. The number of carbonyl (C=O) groups excluding carboxylic acids is 3. The van der Waals surface area contributed by atoms with Crippen molar-refractivity contribution in [2.45, 2.75) is 43.9 Å². The third kappa shape index (κ3) is 9.44. The fourth-order valence-corrected chi connectivity index (χ4v) is 6.41. The number of nitrogens with one attached hydrogen (secondary N) is 3. The van der Waals surface area contributed by atoms with E-state index in [2.05, 4.69) is 15.3 Å². The van der Waals surface area contributed by atoms with Crippen LogP contribution < -0.4 is 10.5 Å². The molecule has 0 aliphatic heterocycles. The van der Waals surface area contributed by atoms with Crippen LogP contribution in [0.25, 0.3) is 33.5 Å². The molecule has 0 aliphatic carbocycles. The van der Waals surface area contributed by atoms with E-state index < -0.39 is 58.3 Å². The van der Waals surface area contributed by atoms with Gasteiger partial charge >= 0.3 is 11.9 Å².